The van der Waals surface area contributed by atoms with Gasteiger partial charge < -0.3 is 10.0 Å². The number of carbonyl (C=O) groups is 2. The van der Waals surface area contributed by atoms with Gasteiger partial charge in [0.2, 0.25) is 5.91 Å². The molecule has 2 unspecified atom stereocenters. The molecule has 1 aromatic carbocycles. The number of carbonyl (C=O) groups excluding carboxylic acids is 1. The van der Waals surface area contributed by atoms with Crippen LogP contribution in [0.15, 0.2) is 30.3 Å². The molecule has 0 spiro atoms. The first-order valence-corrected chi connectivity index (χ1v) is 6.62. The zero-order valence-electron chi connectivity index (χ0n) is 11.2. The molecule has 0 radical (unpaired) electrons. The van der Waals surface area contributed by atoms with Crippen molar-refractivity contribution in [2.24, 2.45) is 0 Å². The van der Waals surface area contributed by atoms with Crippen LogP contribution in [-0.4, -0.2) is 34.0 Å². The van der Waals surface area contributed by atoms with Crippen LogP contribution in [0.5, 0.6) is 0 Å². The Hall–Kier alpha value is -1.84. The van der Waals surface area contributed by atoms with E-state index in [4.69, 9.17) is 5.11 Å². The summed E-state index contributed by atoms with van der Waals surface area (Å²) < 4.78 is 0. The van der Waals surface area contributed by atoms with Crippen molar-refractivity contribution in [1.29, 1.82) is 0 Å². The van der Waals surface area contributed by atoms with E-state index < -0.39 is 12.0 Å². The summed E-state index contributed by atoms with van der Waals surface area (Å²) in [5.41, 5.74) is 0.927. The summed E-state index contributed by atoms with van der Waals surface area (Å²) in [4.78, 5) is 25.2. The quantitative estimate of drug-likeness (QED) is 0.884. The van der Waals surface area contributed by atoms with Crippen LogP contribution in [0.2, 0.25) is 0 Å². The Morgan fingerprint density at radius 1 is 1.21 bits per heavy atom. The van der Waals surface area contributed by atoms with Crippen molar-refractivity contribution in [2.45, 2.75) is 44.7 Å². The fourth-order valence-electron chi connectivity index (χ4n) is 2.27. The highest BCUT2D eigenvalue weighted by molar-refractivity contribution is 5.88. The number of benzene rings is 1. The predicted octanol–water partition coefficient (Wildman–Crippen LogP) is 2.25. The van der Waals surface area contributed by atoms with Gasteiger partial charge in [0, 0.05) is 6.04 Å². The third kappa shape index (κ3) is 2.95. The molecule has 0 aliphatic heterocycles. The molecule has 0 heterocycles. The average molecular weight is 261 g/mol. The van der Waals surface area contributed by atoms with Gasteiger partial charge in [-0.05, 0) is 32.3 Å². The largest absolute Gasteiger partial charge is 0.480 e. The maximum absolute atomic E-state index is 12.5. The number of carboxylic acid groups (broad SMARTS) is 1. The van der Waals surface area contributed by atoms with E-state index in [0.29, 0.717) is 0 Å². The fraction of sp³-hybridized carbons (Fsp3) is 0.467. The molecule has 1 aromatic rings. The normalized spacial score (nSPS) is 17.6. The van der Waals surface area contributed by atoms with Crippen LogP contribution in [0, 0.1) is 0 Å². The van der Waals surface area contributed by atoms with Crippen molar-refractivity contribution in [2.75, 3.05) is 0 Å². The number of nitrogens with zero attached hydrogens (tertiary/aromatic N) is 1. The third-order valence-electron chi connectivity index (χ3n) is 3.64. The number of carboxylic acids is 1. The molecule has 102 valence electrons. The maximum atomic E-state index is 12.5. The molecule has 4 heteroatoms. The first-order chi connectivity index (χ1) is 9.02. The first kappa shape index (κ1) is 13.6. The van der Waals surface area contributed by atoms with Gasteiger partial charge in [0.25, 0.3) is 0 Å². The van der Waals surface area contributed by atoms with Crippen molar-refractivity contribution in [3.05, 3.63) is 35.9 Å². The Morgan fingerprint density at radius 3 is 2.26 bits per heavy atom. The minimum absolute atomic E-state index is 0.0939. The zero-order chi connectivity index (χ0) is 14.0. The minimum Gasteiger partial charge on any atom is -0.480 e. The van der Waals surface area contributed by atoms with Crippen LogP contribution >= 0.6 is 0 Å². The lowest BCUT2D eigenvalue weighted by molar-refractivity contribution is -0.150. The molecule has 4 nitrogen and oxygen atoms in total. The highest BCUT2D eigenvalue weighted by Gasteiger charge is 2.40. The van der Waals surface area contributed by atoms with Gasteiger partial charge in [0.15, 0.2) is 0 Å². The Morgan fingerprint density at radius 2 is 1.79 bits per heavy atom. The van der Waals surface area contributed by atoms with Crippen molar-refractivity contribution in [3.8, 4) is 0 Å². The van der Waals surface area contributed by atoms with E-state index in [9.17, 15) is 9.59 Å². The molecule has 1 saturated carbocycles. The molecule has 0 bridgehead atoms. The van der Waals surface area contributed by atoms with Crippen molar-refractivity contribution >= 4 is 11.9 Å². The maximum Gasteiger partial charge on any atom is 0.326 e. The van der Waals surface area contributed by atoms with Crippen molar-refractivity contribution in [1.82, 2.24) is 4.90 Å². The lowest BCUT2D eigenvalue weighted by Crippen LogP contribution is -2.46. The highest BCUT2D eigenvalue weighted by atomic mass is 16.4. The number of amides is 1. The lowest BCUT2D eigenvalue weighted by Gasteiger charge is -2.29. The standard InChI is InChI=1S/C15H19NO3/c1-10(12-6-4-3-5-7-12)14(17)16(13-8-9-13)11(2)15(18)19/h3-7,10-11,13H,8-9H2,1-2H3,(H,18,19). The van der Waals surface area contributed by atoms with Gasteiger partial charge in [-0.3, -0.25) is 4.79 Å². The molecule has 19 heavy (non-hydrogen) atoms. The molecule has 1 aliphatic carbocycles. The van der Waals surface area contributed by atoms with Crippen LogP contribution in [0.3, 0.4) is 0 Å². The first-order valence-electron chi connectivity index (χ1n) is 6.62. The van der Waals surface area contributed by atoms with Gasteiger partial charge in [-0.15, -0.1) is 0 Å². The molecular formula is C15H19NO3. The van der Waals surface area contributed by atoms with Crippen LogP contribution in [0.25, 0.3) is 0 Å². The number of hydrogen-bond donors (Lipinski definition) is 1. The second kappa shape index (κ2) is 5.43. The van der Waals surface area contributed by atoms with Crippen molar-refractivity contribution in [3.63, 3.8) is 0 Å². The minimum atomic E-state index is -0.944. The molecule has 2 rings (SSSR count). The summed E-state index contributed by atoms with van der Waals surface area (Å²) >= 11 is 0. The van der Waals surface area contributed by atoms with E-state index in [0.717, 1.165) is 18.4 Å². The lowest BCUT2D eigenvalue weighted by atomic mass is 9.99. The monoisotopic (exact) mass is 261 g/mol. The van der Waals surface area contributed by atoms with E-state index >= 15 is 0 Å². The number of rotatable bonds is 5. The fourth-order valence-corrected chi connectivity index (χ4v) is 2.27. The molecule has 2 atom stereocenters. The predicted molar refractivity (Wildman–Crippen MR) is 71.8 cm³/mol. The van der Waals surface area contributed by atoms with Gasteiger partial charge in [-0.1, -0.05) is 30.3 Å². The van der Waals surface area contributed by atoms with E-state index in [2.05, 4.69) is 0 Å². The Labute approximate surface area is 113 Å². The van der Waals surface area contributed by atoms with Crippen LogP contribution < -0.4 is 0 Å². The average Bonchev–Trinajstić information content (AvgIpc) is 3.23. The summed E-state index contributed by atoms with van der Waals surface area (Å²) in [7, 11) is 0. The SMILES string of the molecule is CC(C(=O)N(C1CC1)C(C)C(=O)O)c1ccccc1. The highest BCUT2D eigenvalue weighted by Crippen LogP contribution is 2.32. The summed E-state index contributed by atoms with van der Waals surface area (Å²) in [6.07, 6.45) is 1.82. The summed E-state index contributed by atoms with van der Waals surface area (Å²) in [5.74, 6) is -1.34. The second-order valence-electron chi connectivity index (χ2n) is 5.12. The van der Waals surface area contributed by atoms with Crippen molar-refractivity contribution < 1.29 is 14.7 Å². The summed E-state index contributed by atoms with van der Waals surface area (Å²) in [5, 5.41) is 9.14. The summed E-state index contributed by atoms with van der Waals surface area (Å²) in [6.45, 7) is 3.41. The second-order valence-corrected chi connectivity index (χ2v) is 5.12. The number of aliphatic carboxylic acids is 1. The molecular weight excluding hydrogens is 242 g/mol. The van der Waals surface area contributed by atoms with Gasteiger partial charge >= 0.3 is 5.97 Å². The van der Waals surface area contributed by atoms with Gasteiger partial charge in [0.1, 0.15) is 6.04 Å². The Kier molecular flexibility index (Phi) is 3.88. The summed E-state index contributed by atoms with van der Waals surface area (Å²) in [6, 6.07) is 8.83. The molecule has 0 aromatic heterocycles. The molecule has 1 aliphatic rings. The smallest absolute Gasteiger partial charge is 0.326 e. The van der Waals surface area contributed by atoms with E-state index in [1.807, 2.05) is 37.3 Å². The molecule has 1 fully saturated rings. The van der Waals surface area contributed by atoms with Gasteiger partial charge in [-0.25, -0.2) is 4.79 Å². The van der Waals surface area contributed by atoms with E-state index in [-0.39, 0.29) is 17.9 Å². The molecule has 1 amide bonds. The third-order valence-corrected chi connectivity index (χ3v) is 3.64. The molecule has 1 N–H and O–H groups in total. The molecule has 0 saturated heterocycles. The zero-order valence-corrected chi connectivity index (χ0v) is 11.2. The topological polar surface area (TPSA) is 57.6 Å². The van der Waals surface area contributed by atoms with Crippen LogP contribution in [-0.2, 0) is 9.59 Å². The van der Waals surface area contributed by atoms with Gasteiger partial charge in [-0.2, -0.15) is 0 Å². The van der Waals surface area contributed by atoms with E-state index in [1.165, 1.54) is 0 Å². The van der Waals surface area contributed by atoms with Crippen LogP contribution in [0.1, 0.15) is 38.2 Å². The number of hydrogen-bond acceptors (Lipinski definition) is 2. The Bertz CT molecular complexity index is 468. The van der Waals surface area contributed by atoms with Gasteiger partial charge in [0.05, 0.1) is 5.92 Å². The Balaban J connectivity index is 2.18. The van der Waals surface area contributed by atoms with E-state index in [1.54, 1.807) is 11.8 Å². The van der Waals surface area contributed by atoms with Crippen LogP contribution in [0.4, 0.5) is 0 Å².